The van der Waals surface area contributed by atoms with Crippen LogP contribution in [0.25, 0.3) is 0 Å². The Morgan fingerprint density at radius 3 is 1.78 bits per heavy atom. The number of unbranched alkanes of at least 4 members (excludes halogenated alkanes) is 7. The molecule has 0 aliphatic carbocycles. The molecule has 1 N–H and O–H groups in total. The smallest absolute Gasteiger partial charge is 0.303 e. The highest BCUT2D eigenvalue weighted by Crippen LogP contribution is 2.28. The first-order chi connectivity index (χ1) is 8.39. The number of hydrogen-bond acceptors (Lipinski definition) is 1. The topological polar surface area (TPSA) is 37.3 Å². The van der Waals surface area contributed by atoms with Crippen molar-refractivity contribution in [3.05, 3.63) is 0 Å². The lowest BCUT2D eigenvalue weighted by molar-refractivity contribution is -0.137. The van der Waals surface area contributed by atoms with Crippen LogP contribution in [0.2, 0.25) is 25.2 Å². The second-order valence-corrected chi connectivity index (χ2v) is 11.9. The summed E-state index contributed by atoms with van der Waals surface area (Å²) in [6, 6.07) is 0. The van der Waals surface area contributed by atoms with E-state index in [1.165, 1.54) is 44.9 Å². The SMILES string of the molecule is CCCCCCCCCCC(C(=O)O)[Si](C)(C)C. The summed E-state index contributed by atoms with van der Waals surface area (Å²) in [6.07, 6.45) is 11.2. The van der Waals surface area contributed by atoms with Crippen molar-refractivity contribution >= 4 is 14.0 Å². The molecule has 0 spiro atoms. The van der Waals surface area contributed by atoms with Crippen LogP contribution in [0.15, 0.2) is 0 Å². The van der Waals surface area contributed by atoms with Gasteiger partial charge in [0.05, 0.1) is 13.6 Å². The molecule has 0 radical (unpaired) electrons. The second kappa shape index (κ2) is 9.60. The third-order valence-electron chi connectivity index (χ3n) is 3.69. The van der Waals surface area contributed by atoms with Gasteiger partial charge < -0.3 is 5.11 Å². The molecule has 0 aromatic heterocycles. The number of rotatable bonds is 11. The third-order valence-corrected chi connectivity index (χ3v) is 6.32. The third kappa shape index (κ3) is 8.73. The Balaban J connectivity index is 3.60. The molecule has 1 unspecified atom stereocenters. The highest BCUT2D eigenvalue weighted by molar-refractivity contribution is 6.80. The van der Waals surface area contributed by atoms with Gasteiger partial charge in [-0.25, -0.2) is 0 Å². The van der Waals surface area contributed by atoms with E-state index in [-0.39, 0.29) is 5.54 Å². The first-order valence-corrected chi connectivity index (χ1v) is 11.2. The number of carboxylic acid groups (broad SMARTS) is 1. The van der Waals surface area contributed by atoms with Gasteiger partial charge >= 0.3 is 5.97 Å². The molecule has 0 saturated carbocycles. The van der Waals surface area contributed by atoms with Crippen LogP contribution in [-0.2, 0) is 4.79 Å². The monoisotopic (exact) mass is 272 g/mol. The molecule has 0 saturated heterocycles. The Bertz CT molecular complexity index is 221. The molecule has 1 atom stereocenters. The molecule has 0 rings (SSSR count). The van der Waals surface area contributed by atoms with Gasteiger partial charge in [0, 0.05) is 0 Å². The Morgan fingerprint density at radius 2 is 1.39 bits per heavy atom. The van der Waals surface area contributed by atoms with Crippen molar-refractivity contribution in [2.45, 2.75) is 89.9 Å². The lowest BCUT2D eigenvalue weighted by Gasteiger charge is -2.24. The van der Waals surface area contributed by atoms with Crippen LogP contribution in [0, 0.1) is 0 Å². The summed E-state index contributed by atoms with van der Waals surface area (Å²) < 4.78 is 0. The van der Waals surface area contributed by atoms with Crippen LogP contribution in [0.4, 0.5) is 0 Å². The fourth-order valence-electron chi connectivity index (χ4n) is 2.41. The maximum atomic E-state index is 11.2. The molecule has 0 aliphatic heterocycles. The minimum Gasteiger partial charge on any atom is -0.481 e. The van der Waals surface area contributed by atoms with E-state index in [1.54, 1.807) is 0 Å². The normalized spacial score (nSPS) is 13.6. The zero-order chi connectivity index (χ0) is 14.0. The predicted octanol–water partition coefficient (Wildman–Crippen LogP) is 5.31. The quantitative estimate of drug-likeness (QED) is 0.409. The van der Waals surface area contributed by atoms with Gasteiger partial charge in [0.25, 0.3) is 0 Å². The molecule has 108 valence electrons. The van der Waals surface area contributed by atoms with Crippen molar-refractivity contribution in [2.75, 3.05) is 0 Å². The second-order valence-electron chi connectivity index (χ2n) is 6.52. The van der Waals surface area contributed by atoms with Crippen LogP contribution in [0.1, 0.15) is 64.7 Å². The number of carbonyl (C=O) groups is 1. The van der Waals surface area contributed by atoms with Crippen molar-refractivity contribution in [2.24, 2.45) is 0 Å². The molecule has 0 aliphatic rings. The maximum absolute atomic E-state index is 11.2. The van der Waals surface area contributed by atoms with E-state index in [9.17, 15) is 9.90 Å². The number of aliphatic carboxylic acids is 1. The van der Waals surface area contributed by atoms with E-state index in [0.717, 1.165) is 12.8 Å². The standard InChI is InChI=1S/C15H32O2Si/c1-5-6-7-8-9-10-11-12-13-14(15(16)17)18(2,3)4/h14H,5-13H2,1-4H3,(H,16,17). The summed E-state index contributed by atoms with van der Waals surface area (Å²) in [6.45, 7) is 8.73. The van der Waals surface area contributed by atoms with E-state index in [2.05, 4.69) is 26.6 Å². The maximum Gasteiger partial charge on any atom is 0.303 e. The molecule has 0 aromatic rings. The van der Waals surface area contributed by atoms with Crippen molar-refractivity contribution in [1.29, 1.82) is 0 Å². The molecule has 2 nitrogen and oxygen atoms in total. The van der Waals surface area contributed by atoms with Crippen molar-refractivity contribution in [1.82, 2.24) is 0 Å². The Morgan fingerprint density at radius 1 is 0.944 bits per heavy atom. The van der Waals surface area contributed by atoms with E-state index in [1.807, 2.05) is 0 Å². The zero-order valence-corrected chi connectivity index (χ0v) is 13.8. The molecule has 0 fully saturated rings. The molecule has 0 bridgehead atoms. The van der Waals surface area contributed by atoms with Crippen LogP contribution < -0.4 is 0 Å². The van der Waals surface area contributed by atoms with Gasteiger partial charge in [0.2, 0.25) is 0 Å². The zero-order valence-electron chi connectivity index (χ0n) is 12.8. The Labute approximate surface area is 114 Å². The molecular weight excluding hydrogens is 240 g/mol. The van der Waals surface area contributed by atoms with E-state index < -0.39 is 14.0 Å². The van der Waals surface area contributed by atoms with Crippen molar-refractivity contribution in [3.63, 3.8) is 0 Å². The van der Waals surface area contributed by atoms with E-state index in [0.29, 0.717) is 0 Å². The van der Waals surface area contributed by atoms with E-state index >= 15 is 0 Å². The van der Waals surface area contributed by atoms with Crippen LogP contribution in [0.3, 0.4) is 0 Å². The fraction of sp³-hybridized carbons (Fsp3) is 0.933. The largest absolute Gasteiger partial charge is 0.481 e. The number of carboxylic acids is 1. The summed E-state index contributed by atoms with van der Waals surface area (Å²) in [5, 5.41) is 9.24. The molecule has 0 heterocycles. The lowest BCUT2D eigenvalue weighted by atomic mass is 10.1. The highest BCUT2D eigenvalue weighted by atomic mass is 28.3. The minimum absolute atomic E-state index is 0.0578. The van der Waals surface area contributed by atoms with Crippen LogP contribution in [0.5, 0.6) is 0 Å². The Kier molecular flexibility index (Phi) is 9.43. The predicted molar refractivity (Wildman–Crippen MR) is 82.0 cm³/mol. The fourth-order valence-corrected chi connectivity index (χ4v) is 4.22. The van der Waals surface area contributed by atoms with E-state index in [4.69, 9.17) is 0 Å². The average Bonchev–Trinajstić information content (AvgIpc) is 2.24. The first-order valence-electron chi connectivity index (χ1n) is 7.62. The summed E-state index contributed by atoms with van der Waals surface area (Å²) in [4.78, 5) is 11.2. The van der Waals surface area contributed by atoms with Gasteiger partial charge in [-0.2, -0.15) is 0 Å². The minimum atomic E-state index is -1.54. The highest BCUT2D eigenvalue weighted by Gasteiger charge is 2.31. The van der Waals surface area contributed by atoms with Gasteiger partial charge in [-0.1, -0.05) is 77.9 Å². The summed E-state index contributed by atoms with van der Waals surface area (Å²) >= 11 is 0. The van der Waals surface area contributed by atoms with Gasteiger partial charge in [0.15, 0.2) is 0 Å². The molecule has 18 heavy (non-hydrogen) atoms. The summed E-state index contributed by atoms with van der Waals surface area (Å²) in [5.41, 5.74) is -0.0578. The van der Waals surface area contributed by atoms with Crippen LogP contribution in [-0.4, -0.2) is 19.1 Å². The summed E-state index contributed by atoms with van der Waals surface area (Å²) in [7, 11) is -1.54. The first kappa shape index (κ1) is 17.7. The average molecular weight is 273 g/mol. The molecule has 0 aromatic carbocycles. The van der Waals surface area contributed by atoms with Gasteiger partial charge in [-0.15, -0.1) is 0 Å². The van der Waals surface area contributed by atoms with Crippen molar-refractivity contribution < 1.29 is 9.90 Å². The van der Waals surface area contributed by atoms with Crippen LogP contribution >= 0.6 is 0 Å². The number of hydrogen-bond donors (Lipinski definition) is 1. The molecular formula is C15H32O2Si. The lowest BCUT2D eigenvalue weighted by Crippen LogP contribution is -2.33. The van der Waals surface area contributed by atoms with Gasteiger partial charge in [0.1, 0.15) is 0 Å². The van der Waals surface area contributed by atoms with Gasteiger partial charge in [-0.3, -0.25) is 4.79 Å². The van der Waals surface area contributed by atoms with Gasteiger partial charge in [-0.05, 0) is 6.42 Å². The molecule has 0 amide bonds. The molecule has 3 heteroatoms. The van der Waals surface area contributed by atoms with Crippen molar-refractivity contribution in [3.8, 4) is 0 Å². The summed E-state index contributed by atoms with van der Waals surface area (Å²) in [5.74, 6) is -0.572. The Hall–Kier alpha value is -0.313.